The Morgan fingerprint density at radius 1 is 1.50 bits per heavy atom. The van der Waals surface area contributed by atoms with Crippen molar-refractivity contribution in [3.05, 3.63) is 35.7 Å². The van der Waals surface area contributed by atoms with Crippen molar-refractivity contribution < 1.29 is 5.11 Å². The highest BCUT2D eigenvalue weighted by atomic mass is 16.2. The lowest BCUT2D eigenvalue weighted by Crippen LogP contribution is -1.80. The number of pyridine rings is 1. The second-order valence-corrected chi connectivity index (χ2v) is 2.65. The largest absolute Gasteiger partial charge is 0.396 e. The number of aryl methyl sites for hydroxylation is 1. The van der Waals surface area contributed by atoms with Crippen LogP contribution < -0.4 is 0 Å². The van der Waals surface area contributed by atoms with Gasteiger partial charge in [-0.3, -0.25) is 4.98 Å². The quantitative estimate of drug-likeness (QED) is 0.736. The summed E-state index contributed by atoms with van der Waals surface area (Å²) in [6, 6.07) is 3.98. The van der Waals surface area contributed by atoms with Crippen molar-refractivity contribution in [2.24, 2.45) is 0 Å². The first-order valence-corrected chi connectivity index (χ1v) is 4.03. The molecular formula is C10H13NO. The Kier molecular flexibility index (Phi) is 3.48. The van der Waals surface area contributed by atoms with Crippen LogP contribution >= 0.6 is 0 Å². The minimum absolute atomic E-state index is 0.204. The van der Waals surface area contributed by atoms with E-state index in [1.165, 1.54) is 0 Å². The van der Waals surface area contributed by atoms with Crippen molar-refractivity contribution in [2.45, 2.75) is 13.3 Å². The van der Waals surface area contributed by atoms with Crippen LogP contribution in [0.2, 0.25) is 0 Å². The summed E-state index contributed by atoms with van der Waals surface area (Å²) in [5.41, 5.74) is 2.10. The van der Waals surface area contributed by atoms with Gasteiger partial charge in [-0.2, -0.15) is 0 Å². The Balaban J connectivity index is 2.58. The van der Waals surface area contributed by atoms with Gasteiger partial charge >= 0.3 is 0 Å². The Hall–Kier alpha value is -1.15. The molecule has 12 heavy (non-hydrogen) atoms. The molecule has 64 valence electrons. The normalized spacial score (nSPS) is 10.8. The second kappa shape index (κ2) is 4.67. The van der Waals surface area contributed by atoms with Crippen LogP contribution in [0.25, 0.3) is 6.08 Å². The van der Waals surface area contributed by atoms with Gasteiger partial charge in [-0.1, -0.05) is 18.2 Å². The first kappa shape index (κ1) is 8.94. The summed E-state index contributed by atoms with van der Waals surface area (Å²) in [7, 11) is 0. The molecule has 0 aliphatic heterocycles. The predicted molar refractivity (Wildman–Crippen MR) is 49.7 cm³/mol. The molecule has 0 aliphatic rings. The summed E-state index contributed by atoms with van der Waals surface area (Å²) in [5.74, 6) is 0. The van der Waals surface area contributed by atoms with Gasteiger partial charge in [0.05, 0.1) is 0 Å². The number of aliphatic hydroxyl groups excluding tert-OH is 1. The van der Waals surface area contributed by atoms with Gasteiger partial charge in [0.2, 0.25) is 0 Å². The number of hydrogen-bond donors (Lipinski definition) is 1. The lowest BCUT2D eigenvalue weighted by atomic mass is 10.2. The first-order chi connectivity index (χ1) is 5.83. The molecule has 0 unspecified atom stereocenters. The van der Waals surface area contributed by atoms with Crippen LogP contribution in [-0.4, -0.2) is 16.7 Å². The zero-order chi connectivity index (χ0) is 8.81. The summed E-state index contributed by atoms with van der Waals surface area (Å²) in [6.45, 7) is 2.16. The first-order valence-electron chi connectivity index (χ1n) is 4.03. The van der Waals surface area contributed by atoms with Gasteiger partial charge in [0.15, 0.2) is 0 Å². The van der Waals surface area contributed by atoms with Gasteiger partial charge in [0, 0.05) is 18.5 Å². The third-order valence-corrected chi connectivity index (χ3v) is 1.54. The summed E-state index contributed by atoms with van der Waals surface area (Å²) < 4.78 is 0. The SMILES string of the molecule is Cc1ccc(C=CCCO)cn1. The molecule has 0 radical (unpaired) electrons. The average Bonchev–Trinajstić information content (AvgIpc) is 2.09. The maximum atomic E-state index is 8.52. The van der Waals surface area contributed by atoms with Crippen molar-refractivity contribution in [3.8, 4) is 0 Å². The van der Waals surface area contributed by atoms with Crippen LogP contribution in [0.1, 0.15) is 17.7 Å². The Morgan fingerprint density at radius 2 is 2.33 bits per heavy atom. The number of aliphatic hydroxyl groups is 1. The van der Waals surface area contributed by atoms with Crippen molar-refractivity contribution in [1.29, 1.82) is 0 Å². The van der Waals surface area contributed by atoms with E-state index in [0.717, 1.165) is 11.3 Å². The number of nitrogens with zero attached hydrogens (tertiary/aromatic N) is 1. The zero-order valence-electron chi connectivity index (χ0n) is 7.20. The Labute approximate surface area is 72.6 Å². The lowest BCUT2D eigenvalue weighted by molar-refractivity contribution is 0.303. The van der Waals surface area contributed by atoms with Gasteiger partial charge in [0.25, 0.3) is 0 Å². The van der Waals surface area contributed by atoms with Crippen LogP contribution in [0, 0.1) is 6.92 Å². The van der Waals surface area contributed by atoms with E-state index in [4.69, 9.17) is 5.11 Å². The van der Waals surface area contributed by atoms with Crippen LogP contribution in [-0.2, 0) is 0 Å². The summed E-state index contributed by atoms with van der Waals surface area (Å²) in [4.78, 5) is 4.14. The zero-order valence-corrected chi connectivity index (χ0v) is 7.20. The van der Waals surface area contributed by atoms with Gasteiger partial charge in [0.1, 0.15) is 0 Å². The van der Waals surface area contributed by atoms with E-state index in [2.05, 4.69) is 4.98 Å². The molecule has 0 bridgehead atoms. The Morgan fingerprint density at radius 3 is 2.92 bits per heavy atom. The molecule has 0 fully saturated rings. The molecule has 1 N–H and O–H groups in total. The van der Waals surface area contributed by atoms with Gasteiger partial charge in [-0.25, -0.2) is 0 Å². The highest BCUT2D eigenvalue weighted by Crippen LogP contribution is 2.01. The molecule has 0 amide bonds. The van der Waals surface area contributed by atoms with E-state index in [1.54, 1.807) is 0 Å². The average molecular weight is 163 g/mol. The summed E-state index contributed by atoms with van der Waals surface area (Å²) >= 11 is 0. The topological polar surface area (TPSA) is 33.1 Å². The standard InChI is InChI=1S/C10H13NO/c1-9-5-6-10(8-11-9)4-2-3-7-12/h2,4-6,8,12H,3,7H2,1H3. The molecule has 1 rings (SSSR count). The van der Waals surface area contributed by atoms with E-state index < -0.39 is 0 Å². The van der Waals surface area contributed by atoms with Crippen LogP contribution in [0.3, 0.4) is 0 Å². The van der Waals surface area contributed by atoms with Gasteiger partial charge < -0.3 is 5.11 Å². The van der Waals surface area contributed by atoms with Gasteiger partial charge in [-0.15, -0.1) is 0 Å². The summed E-state index contributed by atoms with van der Waals surface area (Å²) in [5, 5.41) is 8.52. The molecule has 1 aromatic heterocycles. The molecule has 0 saturated heterocycles. The molecule has 1 aromatic rings. The molecule has 0 saturated carbocycles. The highest BCUT2D eigenvalue weighted by Gasteiger charge is 1.86. The van der Waals surface area contributed by atoms with Crippen molar-refractivity contribution in [1.82, 2.24) is 4.98 Å². The molecule has 0 aliphatic carbocycles. The molecule has 2 heteroatoms. The van der Waals surface area contributed by atoms with E-state index in [-0.39, 0.29) is 6.61 Å². The maximum Gasteiger partial charge on any atom is 0.0465 e. The monoisotopic (exact) mass is 163 g/mol. The third kappa shape index (κ3) is 2.84. The number of rotatable bonds is 3. The fraction of sp³-hybridized carbons (Fsp3) is 0.300. The predicted octanol–water partition coefficient (Wildman–Crippen LogP) is 1.79. The van der Waals surface area contributed by atoms with Gasteiger partial charge in [-0.05, 0) is 25.0 Å². The fourth-order valence-corrected chi connectivity index (χ4v) is 0.872. The van der Waals surface area contributed by atoms with Crippen molar-refractivity contribution in [3.63, 3.8) is 0 Å². The van der Waals surface area contributed by atoms with E-state index in [9.17, 15) is 0 Å². The van der Waals surface area contributed by atoms with E-state index in [1.807, 2.05) is 37.4 Å². The fourth-order valence-electron chi connectivity index (χ4n) is 0.872. The van der Waals surface area contributed by atoms with E-state index >= 15 is 0 Å². The molecule has 0 spiro atoms. The molecule has 1 heterocycles. The molecular weight excluding hydrogens is 150 g/mol. The van der Waals surface area contributed by atoms with Crippen LogP contribution in [0.5, 0.6) is 0 Å². The lowest BCUT2D eigenvalue weighted by Gasteiger charge is -1.93. The van der Waals surface area contributed by atoms with Crippen LogP contribution in [0.15, 0.2) is 24.4 Å². The minimum Gasteiger partial charge on any atom is -0.396 e. The van der Waals surface area contributed by atoms with Crippen molar-refractivity contribution in [2.75, 3.05) is 6.61 Å². The molecule has 0 aromatic carbocycles. The Bertz CT molecular complexity index is 251. The summed E-state index contributed by atoms with van der Waals surface area (Å²) in [6.07, 6.45) is 6.42. The smallest absolute Gasteiger partial charge is 0.0465 e. The number of aromatic nitrogens is 1. The van der Waals surface area contributed by atoms with E-state index in [0.29, 0.717) is 6.42 Å². The maximum absolute atomic E-state index is 8.52. The second-order valence-electron chi connectivity index (χ2n) is 2.65. The molecule has 2 nitrogen and oxygen atoms in total. The minimum atomic E-state index is 0.204. The van der Waals surface area contributed by atoms with Crippen molar-refractivity contribution >= 4 is 6.08 Å². The number of hydrogen-bond acceptors (Lipinski definition) is 2. The van der Waals surface area contributed by atoms with Crippen LogP contribution in [0.4, 0.5) is 0 Å². The molecule has 0 atom stereocenters. The third-order valence-electron chi connectivity index (χ3n) is 1.54. The highest BCUT2D eigenvalue weighted by molar-refractivity contribution is 5.47.